The predicted octanol–water partition coefficient (Wildman–Crippen LogP) is 3.69. The van der Waals surface area contributed by atoms with Crippen LogP contribution >= 0.6 is 0 Å². The van der Waals surface area contributed by atoms with E-state index >= 15 is 0 Å². The molecule has 0 spiro atoms. The van der Waals surface area contributed by atoms with E-state index in [2.05, 4.69) is 5.10 Å². The molecule has 33 heavy (non-hydrogen) atoms. The first-order chi connectivity index (χ1) is 16.1. The molecule has 1 aromatic heterocycles. The van der Waals surface area contributed by atoms with Gasteiger partial charge < -0.3 is 14.6 Å². The Morgan fingerprint density at radius 1 is 0.939 bits per heavy atom. The molecule has 0 aliphatic carbocycles. The Labute approximate surface area is 190 Å². The van der Waals surface area contributed by atoms with Crippen molar-refractivity contribution in [2.24, 2.45) is 0 Å². The third kappa shape index (κ3) is 5.84. The molecule has 0 aliphatic rings. The SMILES string of the molecule is O=C(O)C(Cc1ccc(OCCn2ncc3ccccc3c2=O)cc1)OCc1ccccc1. The van der Waals surface area contributed by atoms with Gasteiger partial charge in [0.2, 0.25) is 0 Å². The molecule has 4 rings (SSSR count). The molecule has 168 valence electrons. The summed E-state index contributed by atoms with van der Waals surface area (Å²) >= 11 is 0. The van der Waals surface area contributed by atoms with Crippen LogP contribution in [0.4, 0.5) is 0 Å². The third-order valence-corrected chi connectivity index (χ3v) is 5.25. The van der Waals surface area contributed by atoms with Gasteiger partial charge in [-0.2, -0.15) is 5.10 Å². The molecule has 3 aromatic carbocycles. The Hall–Kier alpha value is -3.97. The minimum atomic E-state index is -1.00. The molecule has 1 N–H and O–H groups in total. The van der Waals surface area contributed by atoms with Crippen LogP contribution in [0.25, 0.3) is 10.8 Å². The molecular formula is C26H24N2O5. The van der Waals surface area contributed by atoms with Gasteiger partial charge in [-0.05, 0) is 29.3 Å². The van der Waals surface area contributed by atoms with E-state index < -0.39 is 12.1 Å². The van der Waals surface area contributed by atoms with E-state index in [0.29, 0.717) is 17.7 Å². The molecule has 0 saturated carbocycles. The number of carbonyl (C=O) groups is 1. The monoisotopic (exact) mass is 444 g/mol. The Balaban J connectivity index is 1.31. The van der Waals surface area contributed by atoms with Gasteiger partial charge in [0, 0.05) is 11.8 Å². The Morgan fingerprint density at radius 3 is 2.42 bits per heavy atom. The number of ether oxygens (including phenoxy) is 2. The highest BCUT2D eigenvalue weighted by atomic mass is 16.5. The van der Waals surface area contributed by atoms with E-state index in [0.717, 1.165) is 16.5 Å². The number of hydrogen-bond acceptors (Lipinski definition) is 5. The fourth-order valence-corrected chi connectivity index (χ4v) is 3.46. The van der Waals surface area contributed by atoms with Gasteiger partial charge in [0.15, 0.2) is 6.10 Å². The van der Waals surface area contributed by atoms with Gasteiger partial charge in [-0.3, -0.25) is 4.79 Å². The lowest BCUT2D eigenvalue weighted by molar-refractivity contribution is -0.151. The van der Waals surface area contributed by atoms with E-state index in [1.807, 2.05) is 60.7 Å². The van der Waals surface area contributed by atoms with E-state index in [1.54, 1.807) is 24.4 Å². The van der Waals surface area contributed by atoms with Gasteiger partial charge in [-0.25, -0.2) is 9.48 Å². The van der Waals surface area contributed by atoms with Crippen molar-refractivity contribution >= 4 is 16.7 Å². The lowest BCUT2D eigenvalue weighted by atomic mass is 10.1. The van der Waals surface area contributed by atoms with Crippen molar-refractivity contribution in [1.29, 1.82) is 0 Å². The van der Waals surface area contributed by atoms with Crippen LogP contribution in [0.1, 0.15) is 11.1 Å². The standard InChI is InChI=1S/C26H24N2O5/c29-25-23-9-5-4-8-21(23)17-27-28(25)14-15-32-22-12-10-19(11-13-22)16-24(26(30)31)33-18-20-6-2-1-3-7-20/h1-13,17,24H,14-16,18H2,(H,30,31). The van der Waals surface area contributed by atoms with E-state index in [1.165, 1.54) is 4.68 Å². The average molecular weight is 444 g/mol. The van der Waals surface area contributed by atoms with Gasteiger partial charge in [0.1, 0.15) is 12.4 Å². The van der Waals surface area contributed by atoms with Crippen molar-refractivity contribution in [3.63, 3.8) is 0 Å². The number of benzene rings is 3. The molecule has 0 bridgehead atoms. The Morgan fingerprint density at radius 2 is 1.67 bits per heavy atom. The average Bonchev–Trinajstić information content (AvgIpc) is 2.85. The molecule has 0 aliphatic heterocycles. The van der Waals surface area contributed by atoms with Crippen LogP contribution in [0.3, 0.4) is 0 Å². The van der Waals surface area contributed by atoms with Crippen molar-refractivity contribution in [3.8, 4) is 5.75 Å². The molecule has 7 nitrogen and oxygen atoms in total. The van der Waals surface area contributed by atoms with Crippen molar-refractivity contribution in [2.45, 2.75) is 25.7 Å². The summed E-state index contributed by atoms with van der Waals surface area (Å²) in [6.45, 7) is 0.837. The molecule has 0 amide bonds. The van der Waals surface area contributed by atoms with E-state index in [9.17, 15) is 14.7 Å². The summed E-state index contributed by atoms with van der Waals surface area (Å²) in [5.41, 5.74) is 1.60. The molecule has 1 unspecified atom stereocenters. The zero-order valence-electron chi connectivity index (χ0n) is 18.0. The smallest absolute Gasteiger partial charge is 0.333 e. The fourth-order valence-electron chi connectivity index (χ4n) is 3.46. The predicted molar refractivity (Wildman–Crippen MR) is 124 cm³/mol. The minimum absolute atomic E-state index is 0.151. The second-order valence-electron chi connectivity index (χ2n) is 7.58. The zero-order valence-corrected chi connectivity index (χ0v) is 18.0. The highest BCUT2D eigenvalue weighted by molar-refractivity contribution is 5.80. The van der Waals surface area contributed by atoms with Crippen LogP contribution in [0.2, 0.25) is 0 Å². The van der Waals surface area contributed by atoms with E-state index in [-0.39, 0.29) is 25.2 Å². The summed E-state index contributed by atoms with van der Waals surface area (Å²) in [7, 11) is 0. The maximum Gasteiger partial charge on any atom is 0.333 e. The Kier molecular flexibility index (Phi) is 7.12. The summed E-state index contributed by atoms with van der Waals surface area (Å²) in [6.07, 6.45) is 0.978. The first kappa shape index (κ1) is 22.2. The second-order valence-corrected chi connectivity index (χ2v) is 7.58. The maximum absolute atomic E-state index is 12.5. The summed E-state index contributed by atoms with van der Waals surface area (Å²) in [5.74, 6) is -0.371. The van der Waals surface area contributed by atoms with Crippen LogP contribution < -0.4 is 10.3 Å². The van der Waals surface area contributed by atoms with Crippen LogP contribution in [0, 0.1) is 0 Å². The van der Waals surface area contributed by atoms with Gasteiger partial charge in [-0.1, -0.05) is 60.7 Å². The third-order valence-electron chi connectivity index (χ3n) is 5.25. The lowest BCUT2D eigenvalue weighted by Gasteiger charge is -2.14. The highest BCUT2D eigenvalue weighted by Gasteiger charge is 2.19. The summed E-state index contributed by atoms with van der Waals surface area (Å²) in [5, 5.41) is 15.1. The maximum atomic E-state index is 12.5. The molecule has 1 heterocycles. The highest BCUT2D eigenvalue weighted by Crippen LogP contribution is 2.16. The van der Waals surface area contributed by atoms with Crippen LogP contribution in [0.5, 0.6) is 5.75 Å². The van der Waals surface area contributed by atoms with Gasteiger partial charge in [0.25, 0.3) is 5.56 Å². The summed E-state index contributed by atoms with van der Waals surface area (Å²) < 4.78 is 12.7. The molecule has 0 fully saturated rings. The molecule has 7 heteroatoms. The Bertz CT molecular complexity index is 1270. The summed E-state index contributed by atoms with van der Waals surface area (Å²) in [6, 6.07) is 24.0. The molecule has 0 radical (unpaired) electrons. The van der Waals surface area contributed by atoms with Crippen LogP contribution in [-0.2, 0) is 29.1 Å². The van der Waals surface area contributed by atoms with Gasteiger partial charge in [0.05, 0.1) is 24.7 Å². The molecule has 1 atom stereocenters. The number of carboxylic acids is 1. The molecule has 0 saturated heterocycles. The number of carboxylic acid groups (broad SMARTS) is 1. The summed E-state index contributed by atoms with van der Waals surface area (Å²) in [4.78, 5) is 24.1. The quantitative estimate of drug-likeness (QED) is 0.401. The largest absolute Gasteiger partial charge is 0.492 e. The van der Waals surface area contributed by atoms with Crippen molar-refractivity contribution in [3.05, 3.63) is 107 Å². The number of hydrogen-bond donors (Lipinski definition) is 1. The molecule has 4 aromatic rings. The first-order valence-corrected chi connectivity index (χ1v) is 10.6. The minimum Gasteiger partial charge on any atom is -0.492 e. The van der Waals surface area contributed by atoms with Gasteiger partial charge >= 0.3 is 5.97 Å². The number of nitrogens with zero attached hydrogens (tertiary/aromatic N) is 2. The lowest BCUT2D eigenvalue weighted by Crippen LogP contribution is -2.26. The van der Waals surface area contributed by atoms with Crippen molar-refractivity contribution < 1.29 is 19.4 Å². The zero-order chi connectivity index (χ0) is 23.0. The van der Waals surface area contributed by atoms with Crippen molar-refractivity contribution in [2.75, 3.05) is 6.61 Å². The first-order valence-electron chi connectivity index (χ1n) is 10.6. The van der Waals surface area contributed by atoms with Gasteiger partial charge in [-0.15, -0.1) is 0 Å². The van der Waals surface area contributed by atoms with Crippen LogP contribution in [-0.4, -0.2) is 33.6 Å². The second kappa shape index (κ2) is 10.6. The number of fused-ring (bicyclic) bond motifs is 1. The fraction of sp³-hybridized carbons (Fsp3) is 0.192. The number of rotatable bonds is 10. The van der Waals surface area contributed by atoms with Crippen molar-refractivity contribution in [1.82, 2.24) is 9.78 Å². The van der Waals surface area contributed by atoms with E-state index in [4.69, 9.17) is 9.47 Å². The topological polar surface area (TPSA) is 90.6 Å². The normalized spacial score (nSPS) is 11.9. The molecular weight excluding hydrogens is 420 g/mol. The van der Waals surface area contributed by atoms with Crippen LogP contribution in [0.15, 0.2) is 89.9 Å². The number of aromatic nitrogens is 2. The number of aliphatic carboxylic acids is 1.